The molecule has 3 N–H and O–H groups in total. The second-order valence-electron chi connectivity index (χ2n) is 8.77. The third-order valence-corrected chi connectivity index (χ3v) is 5.62. The van der Waals surface area contributed by atoms with E-state index in [0.717, 1.165) is 13.1 Å². The summed E-state index contributed by atoms with van der Waals surface area (Å²) in [6.07, 6.45) is 3.87. The van der Waals surface area contributed by atoms with Gasteiger partial charge in [-0.3, -0.25) is 4.90 Å². The van der Waals surface area contributed by atoms with Crippen LogP contribution in [0.15, 0.2) is 18.2 Å². The molecule has 1 heterocycles. The largest absolute Gasteiger partial charge is 0.396 e. The minimum absolute atomic E-state index is 0.104. The summed E-state index contributed by atoms with van der Waals surface area (Å²) in [5, 5.41) is 10.4. The fourth-order valence-electron chi connectivity index (χ4n) is 5.06. The Morgan fingerprint density at radius 1 is 1.35 bits per heavy atom. The monoisotopic (exact) mass is 320 g/mol. The number of aliphatic hydroxyl groups excluding tert-OH is 1. The normalized spacial score (nSPS) is 31.3. The quantitative estimate of drug-likeness (QED) is 0.831. The van der Waals surface area contributed by atoms with E-state index in [1.54, 1.807) is 12.1 Å². The average molecular weight is 320 g/mol. The fourth-order valence-corrected chi connectivity index (χ4v) is 5.06. The Morgan fingerprint density at radius 3 is 2.78 bits per heavy atom. The van der Waals surface area contributed by atoms with Crippen molar-refractivity contribution in [2.24, 2.45) is 10.8 Å². The topological polar surface area (TPSA) is 49.5 Å². The van der Waals surface area contributed by atoms with Crippen LogP contribution in [0.3, 0.4) is 0 Å². The molecule has 128 valence electrons. The minimum atomic E-state index is -0.584. The number of fused-ring (bicyclic) bond motifs is 2. The Labute approximate surface area is 138 Å². The molecule has 4 heteroatoms. The molecule has 3 nitrogen and oxygen atoms in total. The summed E-state index contributed by atoms with van der Waals surface area (Å²) in [7, 11) is 0. The van der Waals surface area contributed by atoms with Gasteiger partial charge in [0.15, 0.2) is 0 Å². The van der Waals surface area contributed by atoms with Crippen molar-refractivity contribution in [3.8, 4) is 0 Å². The Balaban J connectivity index is 1.61. The van der Waals surface area contributed by atoms with E-state index in [0.29, 0.717) is 28.9 Å². The van der Waals surface area contributed by atoms with Crippen LogP contribution < -0.4 is 5.73 Å². The van der Waals surface area contributed by atoms with E-state index >= 15 is 0 Å². The number of hydrogen-bond acceptors (Lipinski definition) is 3. The zero-order valence-electron chi connectivity index (χ0n) is 14.5. The standard InChI is InChI=1S/C19H29FN2O/c1-18(2)9-14-10-19(3,11-18)12-22(14)7-6-17(23)13-4-5-15(20)16(21)8-13/h4-5,8,14,17,23H,6-7,9-12,21H2,1-3H3. The Morgan fingerprint density at radius 2 is 2.09 bits per heavy atom. The molecular formula is C19H29FN2O. The molecule has 1 saturated heterocycles. The molecule has 1 aliphatic heterocycles. The summed E-state index contributed by atoms with van der Waals surface area (Å²) in [5.41, 5.74) is 7.24. The van der Waals surface area contributed by atoms with Gasteiger partial charge in [0.2, 0.25) is 0 Å². The number of nitrogens with zero attached hydrogens (tertiary/aromatic N) is 1. The van der Waals surface area contributed by atoms with Crippen LogP contribution in [-0.4, -0.2) is 29.1 Å². The van der Waals surface area contributed by atoms with Crippen molar-refractivity contribution in [3.05, 3.63) is 29.6 Å². The van der Waals surface area contributed by atoms with Gasteiger partial charge in [-0.15, -0.1) is 0 Å². The summed E-state index contributed by atoms with van der Waals surface area (Å²) in [5.74, 6) is -0.426. The number of anilines is 1. The van der Waals surface area contributed by atoms with E-state index in [-0.39, 0.29) is 5.69 Å². The molecule has 1 saturated carbocycles. The van der Waals surface area contributed by atoms with Gasteiger partial charge >= 0.3 is 0 Å². The lowest BCUT2D eigenvalue weighted by Gasteiger charge is -2.40. The predicted molar refractivity (Wildman–Crippen MR) is 91.5 cm³/mol. The number of nitrogens with two attached hydrogens (primary N) is 1. The summed E-state index contributed by atoms with van der Waals surface area (Å²) >= 11 is 0. The molecule has 0 amide bonds. The maximum absolute atomic E-state index is 13.2. The fraction of sp³-hybridized carbons (Fsp3) is 0.684. The number of rotatable bonds is 4. The Kier molecular flexibility index (Phi) is 4.18. The molecule has 1 aliphatic carbocycles. The van der Waals surface area contributed by atoms with Crippen LogP contribution in [0, 0.1) is 16.6 Å². The Hall–Kier alpha value is -1.13. The van der Waals surface area contributed by atoms with Gasteiger partial charge in [0.1, 0.15) is 5.82 Å². The van der Waals surface area contributed by atoms with Crippen LogP contribution >= 0.6 is 0 Å². The summed E-state index contributed by atoms with van der Waals surface area (Å²) in [6.45, 7) is 9.15. The predicted octanol–water partition coefficient (Wildman–Crippen LogP) is 3.73. The highest BCUT2D eigenvalue weighted by molar-refractivity contribution is 5.43. The molecule has 1 aromatic carbocycles. The molecular weight excluding hydrogens is 291 g/mol. The van der Waals surface area contributed by atoms with Crippen molar-refractivity contribution >= 4 is 5.69 Å². The van der Waals surface area contributed by atoms with Gasteiger partial charge in [0.25, 0.3) is 0 Å². The number of hydrogen-bond donors (Lipinski definition) is 2. The molecule has 3 atom stereocenters. The van der Waals surface area contributed by atoms with Crippen molar-refractivity contribution in [2.45, 2.75) is 58.6 Å². The lowest BCUT2D eigenvalue weighted by atomic mass is 9.65. The molecule has 3 unspecified atom stereocenters. The number of likely N-dealkylation sites (tertiary alicyclic amines) is 1. The number of benzene rings is 1. The van der Waals surface area contributed by atoms with Gasteiger partial charge in [-0.25, -0.2) is 4.39 Å². The molecule has 0 radical (unpaired) electrons. The second-order valence-corrected chi connectivity index (χ2v) is 8.77. The minimum Gasteiger partial charge on any atom is -0.396 e. The van der Waals surface area contributed by atoms with Gasteiger partial charge in [0, 0.05) is 19.1 Å². The third kappa shape index (κ3) is 3.53. The van der Waals surface area contributed by atoms with Gasteiger partial charge in [-0.1, -0.05) is 26.8 Å². The van der Waals surface area contributed by atoms with E-state index in [1.165, 1.54) is 25.3 Å². The van der Waals surface area contributed by atoms with Gasteiger partial charge in [0.05, 0.1) is 11.8 Å². The molecule has 23 heavy (non-hydrogen) atoms. The molecule has 1 aromatic rings. The highest BCUT2D eigenvalue weighted by atomic mass is 19.1. The van der Waals surface area contributed by atoms with Crippen molar-refractivity contribution in [1.29, 1.82) is 0 Å². The van der Waals surface area contributed by atoms with Gasteiger partial charge < -0.3 is 10.8 Å². The first-order valence-electron chi connectivity index (χ1n) is 8.65. The number of aliphatic hydroxyl groups is 1. The first-order chi connectivity index (χ1) is 10.7. The zero-order chi connectivity index (χ0) is 16.8. The summed E-state index contributed by atoms with van der Waals surface area (Å²) in [6, 6.07) is 5.14. The maximum atomic E-state index is 13.2. The van der Waals surface area contributed by atoms with Crippen LogP contribution in [0.5, 0.6) is 0 Å². The lowest BCUT2D eigenvalue weighted by molar-refractivity contribution is 0.116. The molecule has 2 aliphatic rings. The van der Waals surface area contributed by atoms with E-state index in [1.807, 2.05) is 0 Å². The second kappa shape index (κ2) is 5.75. The average Bonchev–Trinajstić information content (AvgIpc) is 2.67. The van der Waals surface area contributed by atoms with Gasteiger partial charge in [-0.2, -0.15) is 0 Å². The zero-order valence-corrected chi connectivity index (χ0v) is 14.5. The van der Waals surface area contributed by atoms with E-state index in [2.05, 4.69) is 25.7 Å². The van der Waals surface area contributed by atoms with E-state index in [4.69, 9.17) is 5.73 Å². The van der Waals surface area contributed by atoms with Crippen molar-refractivity contribution in [3.63, 3.8) is 0 Å². The molecule has 2 bridgehead atoms. The van der Waals surface area contributed by atoms with Crippen LogP contribution in [0.1, 0.15) is 58.1 Å². The molecule has 0 aromatic heterocycles. The maximum Gasteiger partial charge on any atom is 0.146 e. The molecule has 0 spiro atoms. The highest BCUT2D eigenvalue weighted by Gasteiger charge is 2.49. The van der Waals surface area contributed by atoms with Crippen LogP contribution in [0.2, 0.25) is 0 Å². The smallest absolute Gasteiger partial charge is 0.146 e. The SMILES string of the molecule is CC1(C)CC2CC(C)(CN2CCC(O)c2ccc(F)c(N)c2)C1. The summed E-state index contributed by atoms with van der Waals surface area (Å²) in [4.78, 5) is 2.55. The third-order valence-electron chi connectivity index (χ3n) is 5.62. The van der Waals surface area contributed by atoms with Crippen molar-refractivity contribution in [1.82, 2.24) is 4.90 Å². The van der Waals surface area contributed by atoms with Crippen molar-refractivity contribution < 1.29 is 9.50 Å². The lowest BCUT2D eigenvalue weighted by Crippen LogP contribution is -2.35. The van der Waals surface area contributed by atoms with Crippen molar-refractivity contribution in [2.75, 3.05) is 18.8 Å². The highest BCUT2D eigenvalue weighted by Crippen LogP contribution is 2.52. The summed E-state index contributed by atoms with van der Waals surface area (Å²) < 4.78 is 13.2. The first kappa shape index (κ1) is 16.7. The number of halogens is 1. The van der Waals surface area contributed by atoms with Crippen LogP contribution in [0.25, 0.3) is 0 Å². The van der Waals surface area contributed by atoms with E-state index < -0.39 is 11.9 Å². The van der Waals surface area contributed by atoms with Crippen LogP contribution in [-0.2, 0) is 0 Å². The first-order valence-corrected chi connectivity index (χ1v) is 8.65. The van der Waals surface area contributed by atoms with Gasteiger partial charge in [-0.05, 0) is 54.2 Å². The van der Waals surface area contributed by atoms with Crippen LogP contribution in [0.4, 0.5) is 10.1 Å². The number of nitrogen functional groups attached to an aromatic ring is 1. The molecule has 2 fully saturated rings. The van der Waals surface area contributed by atoms with E-state index in [9.17, 15) is 9.50 Å². The Bertz CT molecular complexity index is 589. The molecule has 3 rings (SSSR count).